The molecule has 0 saturated carbocycles. The van der Waals surface area contributed by atoms with Crippen LogP contribution >= 0.6 is 23.2 Å². The molecule has 244 valence electrons. The van der Waals surface area contributed by atoms with Crippen molar-refractivity contribution in [2.45, 2.75) is 70.2 Å². The molecule has 0 aromatic heterocycles. The Morgan fingerprint density at radius 3 is 2.07 bits per heavy atom. The molecule has 0 radical (unpaired) electrons. The van der Waals surface area contributed by atoms with Gasteiger partial charge in [-0.1, -0.05) is 23.2 Å². The van der Waals surface area contributed by atoms with Crippen LogP contribution in [0, 0.1) is 5.82 Å². The van der Waals surface area contributed by atoms with Crippen LogP contribution in [0.2, 0.25) is 10.0 Å². The molecule has 15 heteroatoms. The predicted octanol–water partition coefficient (Wildman–Crippen LogP) is 8.16. The Morgan fingerprint density at radius 1 is 0.867 bits per heavy atom. The van der Waals surface area contributed by atoms with E-state index in [0.717, 1.165) is 18.2 Å². The van der Waals surface area contributed by atoms with Crippen LogP contribution in [-0.2, 0) is 32.2 Å². The number of nitrogens with one attached hydrogen (secondary N) is 2. The van der Waals surface area contributed by atoms with Gasteiger partial charge in [0.05, 0.1) is 27.7 Å². The molecular weight excluding hydrogens is 663 g/mol. The Balaban J connectivity index is 2.03. The van der Waals surface area contributed by atoms with Crippen molar-refractivity contribution in [2.24, 2.45) is 0 Å². The fraction of sp³-hybridized carbons (Fsp3) is 0.333. The van der Waals surface area contributed by atoms with Crippen molar-refractivity contribution in [3.63, 3.8) is 0 Å². The molecule has 0 aliphatic rings. The van der Waals surface area contributed by atoms with Crippen LogP contribution < -0.4 is 14.8 Å². The number of esters is 1. The second kappa shape index (κ2) is 13.1. The molecule has 0 atom stereocenters. The van der Waals surface area contributed by atoms with Gasteiger partial charge in [0, 0.05) is 22.7 Å². The van der Waals surface area contributed by atoms with Gasteiger partial charge >= 0.3 is 12.1 Å². The number of benzene rings is 3. The van der Waals surface area contributed by atoms with Crippen molar-refractivity contribution in [1.29, 1.82) is 0 Å². The average Bonchev–Trinajstić information content (AvgIpc) is 2.84. The van der Waals surface area contributed by atoms with Crippen molar-refractivity contribution in [3.8, 4) is 11.5 Å². The van der Waals surface area contributed by atoms with Crippen LogP contribution in [0.5, 0.6) is 11.5 Å². The quantitative estimate of drug-likeness (QED) is 0.182. The Kier molecular flexibility index (Phi) is 10.4. The number of carbonyl (C=O) groups excluding carboxylic acids is 2. The number of rotatable bonds is 8. The number of amides is 1. The van der Waals surface area contributed by atoms with Gasteiger partial charge < -0.3 is 14.8 Å². The largest absolute Gasteiger partial charge is 0.460 e. The zero-order valence-electron chi connectivity index (χ0n) is 25.0. The molecule has 0 spiro atoms. The average molecular weight is 694 g/mol. The van der Waals surface area contributed by atoms with Crippen LogP contribution in [0.25, 0.3) is 0 Å². The van der Waals surface area contributed by atoms with Crippen LogP contribution in [-0.4, -0.2) is 31.4 Å². The maximum absolute atomic E-state index is 15.0. The number of halogens is 6. The van der Waals surface area contributed by atoms with Gasteiger partial charge in [0.15, 0.2) is 5.75 Å². The number of hydrogen-bond donors (Lipinski definition) is 2. The summed E-state index contributed by atoms with van der Waals surface area (Å²) >= 11 is 12.2. The summed E-state index contributed by atoms with van der Waals surface area (Å²) in [7, 11) is -4.67. The summed E-state index contributed by atoms with van der Waals surface area (Å²) in [6, 6.07) is 7.36. The maximum atomic E-state index is 15.0. The fourth-order valence-electron chi connectivity index (χ4n) is 3.78. The third kappa shape index (κ3) is 9.97. The molecule has 45 heavy (non-hydrogen) atoms. The number of sulfonamides is 1. The molecule has 0 fully saturated rings. The second-order valence-corrected chi connectivity index (χ2v) is 14.4. The summed E-state index contributed by atoms with van der Waals surface area (Å²) in [6.07, 6.45) is -5.20. The zero-order valence-corrected chi connectivity index (χ0v) is 27.3. The first-order chi connectivity index (χ1) is 20.4. The summed E-state index contributed by atoms with van der Waals surface area (Å²) in [5.41, 5.74) is -3.08. The van der Waals surface area contributed by atoms with Crippen LogP contribution in [0.4, 0.5) is 23.2 Å². The lowest BCUT2D eigenvalue weighted by atomic mass is 10.1. The first-order valence-electron chi connectivity index (χ1n) is 13.2. The molecule has 0 bridgehead atoms. The number of ether oxygens (including phenoxy) is 2. The van der Waals surface area contributed by atoms with Crippen molar-refractivity contribution < 1.29 is 45.0 Å². The van der Waals surface area contributed by atoms with Crippen LogP contribution in [0.15, 0.2) is 53.4 Å². The van der Waals surface area contributed by atoms with E-state index in [0.29, 0.717) is 18.2 Å². The first kappa shape index (κ1) is 35.9. The molecular formula is C30H30Cl2F4N2O6S. The molecule has 0 aliphatic carbocycles. The second-order valence-electron chi connectivity index (χ2n) is 11.9. The molecule has 2 N–H and O–H groups in total. The highest BCUT2D eigenvalue weighted by Crippen LogP contribution is 2.38. The minimum atomic E-state index is -4.77. The van der Waals surface area contributed by atoms with E-state index in [-0.39, 0.29) is 33.3 Å². The van der Waals surface area contributed by atoms with Gasteiger partial charge in [0.1, 0.15) is 22.1 Å². The van der Waals surface area contributed by atoms with E-state index in [9.17, 15) is 31.2 Å². The summed E-state index contributed by atoms with van der Waals surface area (Å²) in [4.78, 5) is 24.4. The molecule has 1 amide bonds. The lowest BCUT2D eigenvalue weighted by Crippen LogP contribution is -2.40. The predicted molar refractivity (Wildman–Crippen MR) is 162 cm³/mol. The van der Waals surface area contributed by atoms with Crippen molar-refractivity contribution in [1.82, 2.24) is 5.32 Å². The molecule has 0 aliphatic heterocycles. The Labute approximate surface area is 268 Å². The summed E-state index contributed by atoms with van der Waals surface area (Å²) in [6.45, 7) is 10.1. The van der Waals surface area contributed by atoms with Gasteiger partial charge in [-0.2, -0.15) is 13.2 Å². The van der Waals surface area contributed by atoms with E-state index < -0.39 is 66.9 Å². The van der Waals surface area contributed by atoms with E-state index in [1.54, 1.807) is 41.5 Å². The van der Waals surface area contributed by atoms with E-state index in [2.05, 4.69) is 10.0 Å². The van der Waals surface area contributed by atoms with Crippen molar-refractivity contribution >= 4 is 50.8 Å². The minimum Gasteiger partial charge on any atom is -0.460 e. The Morgan fingerprint density at radius 2 is 1.51 bits per heavy atom. The number of hydrogen-bond acceptors (Lipinski definition) is 6. The Bertz CT molecular complexity index is 1730. The molecule has 0 saturated heterocycles. The molecule has 3 rings (SSSR count). The van der Waals surface area contributed by atoms with Gasteiger partial charge in [-0.15, -0.1) is 0 Å². The lowest BCUT2D eigenvalue weighted by molar-refractivity contribution is -0.154. The normalized spacial score (nSPS) is 12.4. The topological polar surface area (TPSA) is 111 Å². The van der Waals surface area contributed by atoms with Crippen molar-refractivity contribution in [2.75, 3.05) is 4.72 Å². The fourth-order valence-corrected chi connectivity index (χ4v) is 5.61. The maximum Gasteiger partial charge on any atom is 0.416 e. The highest BCUT2D eigenvalue weighted by molar-refractivity contribution is 7.92. The number of alkyl halides is 3. The van der Waals surface area contributed by atoms with Gasteiger partial charge in [-0.25, -0.2) is 12.8 Å². The summed E-state index contributed by atoms with van der Waals surface area (Å²) in [5, 5.41) is 1.85. The third-order valence-electron chi connectivity index (χ3n) is 5.60. The van der Waals surface area contributed by atoms with Gasteiger partial charge in [-0.05, 0) is 84.0 Å². The standard InChI is InChI=1S/C30H30Cl2F4N2O6S/c1-28(2,3)37-27(40)16-7-9-23(43-24-15-21(33)17(11-19(24)31)13-26(39)44-29(4,5)6)22(12-16)38-45(41,42)25-10-8-18(14-20(25)32)30(34,35)36/h7-12,14-15,38H,13H2,1-6H3,(H,37,40). The van der Waals surface area contributed by atoms with E-state index in [1.165, 1.54) is 12.1 Å². The molecule has 3 aromatic carbocycles. The molecule has 0 heterocycles. The van der Waals surface area contributed by atoms with E-state index >= 15 is 4.39 Å². The highest BCUT2D eigenvalue weighted by atomic mass is 35.5. The number of anilines is 1. The van der Waals surface area contributed by atoms with Gasteiger partial charge in [-0.3, -0.25) is 14.3 Å². The molecule has 8 nitrogen and oxygen atoms in total. The smallest absolute Gasteiger partial charge is 0.416 e. The summed E-state index contributed by atoms with van der Waals surface area (Å²) < 4.78 is 94.1. The zero-order chi connectivity index (χ0) is 34.1. The first-order valence-corrected chi connectivity index (χ1v) is 15.4. The molecule has 0 unspecified atom stereocenters. The number of carbonyl (C=O) groups is 2. The van der Waals surface area contributed by atoms with Gasteiger partial charge in [0.2, 0.25) is 0 Å². The van der Waals surface area contributed by atoms with Gasteiger partial charge in [0.25, 0.3) is 15.9 Å². The van der Waals surface area contributed by atoms with Crippen LogP contribution in [0.1, 0.15) is 63.0 Å². The van der Waals surface area contributed by atoms with E-state index in [1.807, 2.05) is 0 Å². The summed E-state index contributed by atoms with van der Waals surface area (Å²) in [5.74, 6) is -2.69. The van der Waals surface area contributed by atoms with E-state index in [4.69, 9.17) is 32.7 Å². The van der Waals surface area contributed by atoms with Crippen LogP contribution in [0.3, 0.4) is 0 Å². The molecule has 3 aromatic rings. The minimum absolute atomic E-state index is 0.0153. The lowest BCUT2D eigenvalue weighted by Gasteiger charge is -2.21. The highest BCUT2D eigenvalue weighted by Gasteiger charge is 2.32. The monoisotopic (exact) mass is 692 g/mol. The Hall–Kier alpha value is -3.55. The SMILES string of the molecule is CC(C)(C)NC(=O)c1ccc(Oc2cc(F)c(CC(=O)OC(C)(C)C)cc2Cl)c(NS(=O)(=O)c2ccc(C(F)(F)F)cc2Cl)c1. The third-order valence-corrected chi connectivity index (χ3v) is 7.74. The van der Waals surface area contributed by atoms with Crippen molar-refractivity contribution in [3.05, 3.63) is 81.1 Å².